The van der Waals surface area contributed by atoms with Gasteiger partial charge in [-0.25, -0.2) is 13.1 Å². The molecule has 0 atom stereocenters. The highest BCUT2D eigenvalue weighted by Crippen LogP contribution is 2.23. The van der Waals surface area contributed by atoms with E-state index in [1.165, 1.54) is 6.07 Å². The molecule has 1 saturated carbocycles. The molecule has 0 bridgehead atoms. The minimum atomic E-state index is -3.71. The summed E-state index contributed by atoms with van der Waals surface area (Å²) in [7, 11) is -3.71. The lowest BCUT2D eigenvalue weighted by molar-refractivity contribution is -0.120. The van der Waals surface area contributed by atoms with Crippen LogP contribution in [0.3, 0.4) is 0 Å². The molecular formula is C16H23N3O4S. The van der Waals surface area contributed by atoms with Gasteiger partial charge in [-0.05, 0) is 48.9 Å². The monoisotopic (exact) mass is 353 g/mol. The van der Waals surface area contributed by atoms with E-state index in [4.69, 9.17) is 10.5 Å². The molecule has 3 rings (SSSR count). The summed E-state index contributed by atoms with van der Waals surface area (Å²) < 4.78 is 32.3. The molecule has 0 spiro atoms. The van der Waals surface area contributed by atoms with Gasteiger partial charge in [0.25, 0.3) is 0 Å². The highest BCUT2D eigenvalue weighted by molar-refractivity contribution is 7.89. The summed E-state index contributed by atoms with van der Waals surface area (Å²) in [5.41, 5.74) is 7.71. The average Bonchev–Trinajstić information content (AvgIpc) is 3.03. The Morgan fingerprint density at radius 2 is 1.88 bits per heavy atom. The van der Waals surface area contributed by atoms with Gasteiger partial charge in [0.05, 0.1) is 24.7 Å². The van der Waals surface area contributed by atoms with E-state index >= 15 is 0 Å². The molecule has 0 aromatic heterocycles. The first kappa shape index (κ1) is 17.3. The quantitative estimate of drug-likeness (QED) is 0.709. The molecule has 1 fully saturated rings. The van der Waals surface area contributed by atoms with E-state index < -0.39 is 10.0 Å². The maximum atomic E-state index is 12.3. The lowest BCUT2D eigenvalue weighted by atomic mass is 9.92. The van der Waals surface area contributed by atoms with E-state index in [2.05, 4.69) is 10.0 Å². The van der Waals surface area contributed by atoms with Gasteiger partial charge in [0, 0.05) is 12.1 Å². The third-order valence-corrected chi connectivity index (χ3v) is 5.96. The van der Waals surface area contributed by atoms with Crippen LogP contribution in [-0.4, -0.2) is 33.0 Å². The van der Waals surface area contributed by atoms with E-state index in [1.807, 2.05) is 0 Å². The Bertz CT molecular complexity index is 712. The van der Waals surface area contributed by atoms with E-state index in [9.17, 15) is 13.2 Å². The van der Waals surface area contributed by atoms with Crippen LogP contribution in [0, 0.1) is 0 Å². The van der Waals surface area contributed by atoms with Crippen molar-refractivity contribution in [2.45, 2.75) is 55.9 Å². The summed E-state index contributed by atoms with van der Waals surface area (Å²) in [5, 5.41) is 2.86. The normalized spacial score (nSPS) is 23.7. The zero-order chi connectivity index (χ0) is 17.2. The number of sulfonamides is 1. The second-order valence-corrected chi connectivity index (χ2v) is 8.19. The minimum Gasteiger partial charge on any atom is -0.372 e. The van der Waals surface area contributed by atoms with Crippen molar-refractivity contribution in [1.82, 2.24) is 10.0 Å². The molecule has 7 nitrogen and oxygen atoms in total. The van der Waals surface area contributed by atoms with Crippen molar-refractivity contribution in [3.63, 3.8) is 0 Å². The number of carbonyl (C=O) groups is 1. The fraction of sp³-hybridized carbons (Fsp3) is 0.562. The van der Waals surface area contributed by atoms with Crippen molar-refractivity contribution in [2.75, 3.05) is 6.54 Å². The highest BCUT2D eigenvalue weighted by Gasteiger charge is 2.22. The van der Waals surface area contributed by atoms with E-state index in [0.29, 0.717) is 13.2 Å². The molecule has 1 aromatic carbocycles. The Morgan fingerprint density at radius 1 is 1.17 bits per heavy atom. The molecule has 1 aromatic rings. The molecule has 0 unspecified atom stereocenters. The third-order valence-electron chi connectivity index (χ3n) is 4.56. The van der Waals surface area contributed by atoms with Crippen LogP contribution in [0.1, 0.15) is 36.8 Å². The fourth-order valence-electron chi connectivity index (χ4n) is 3.10. The van der Waals surface area contributed by atoms with Gasteiger partial charge in [0.15, 0.2) is 0 Å². The van der Waals surface area contributed by atoms with Gasteiger partial charge in [-0.3, -0.25) is 4.79 Å². The number of fused-ring (bicyclic) bond motifs is 1. The van der Waals surface area contributed by atoms with Gasteiger partial charge in [0.1, 0.15) is 0 Å². The maximum Gasteiger partial charge on any atom is 0.241 e. The van der Waals surface area contributed by atoms with E-state index in [-0.39, 0.29) is 29.4 Å². The number of rotatable bonds is 5. The van der Waals surface area contributed by atoms with Crippen LogP contribution < -0.4 is 15.8 Å². The van der Waals surface area contributed by atoms with Crippen LogP contribution in [0.5, 0.6) is 0 Å². The molecule has 1 aliphatic heterocycles. The Morgan fingerprint density at radius 3 is 2.62 bits per heavy atom. The van der Waals surface area contributed by atoms with Crippen LogP contribution in [0.4, 0.5) is 0 Å². The van der Waals surface area contributed by atoms with Crippen LogP contribution in [0.2, 0.25) is 0 Å². The largest absolute Gasteiger partial charge is 0.372 e. The molecule has 1 amide bonds. The number of nitrogens with two attached hydrogens (primary N) is 1. The van der Waals surface area contributed by atoms with Crippen molar-refractivity contribution < 1.29 is 17.9 Å². The van der Waals surface area contributed by atoms with Crippen LogP contribution in [0.15, 0.2) is 23.1 Å². The van der Waals surface area contributed by atoms with Gasteiger partial charge in [-0.1, -0.05) is 6.07 Å². The molecule has 132 valence electrons. The Balaban J connectivity index is 1.54. The van der Waals surface area contributed by atoms with E-state index in [1.54, 1.807) is 12.1 Å². The molecule has 1 aliphatic carbocycles. The molecule has 8 heteroatoms. The summed E-state index contributed by atoms with van der Waals surface area (Å²) in [6.07, 6.45) is 3.44. The summed E-state index contributed by atoms with van der Waals surface area (Å²) in [6, 6.07) is 5.18. The predicted molar refractivity (Wildman–Crippen MR) is 88.5 cm³/mol. The summed E-state index contributed by atoms with van der Waals surface area (Å²) in [5.74, 6) is -0.316. The molecule has 0 saturated heterocycles. The van der Waals surface area contributed by atoms with Crippen LogP contribution in [0.25, 0.3) is 0 Å². The lowest BCUT2D eigenvalue weighted by Crippen LogP contribution is -2.44. The molecule has 1 heterocycles. The SMILES string of the molecule is NC1CCC(NC(=O)CNS(=O)(=O)c2ccc3c(c2)COC3)CC1. The number of hydrogen-bond acceptors (Lipinski definition) is 5. The molecule has 24 heavy (non-hydrogen) atoms. The number of amides is 1. The topological polar surface area (TPSA) is 111 Å². The number of benzene rings is 1. The van der Waals surface area contributed by atoms with Gasteiger partial charge < -0.3 is 15.8 Å². The Labute approximate surface area is 142 Å². The Kier molecular flexibility index (Phi) is 5.19. The summed E-state index contributed by atoms with van der Waals surface area (Å²) in [4.78, 5) is 12.1. The van der Waals surface area contributed by atoms with Crippen molar-refractivity contribution in [1.29, 1.82) is 0 Å². The Hall–Kier alpha value is -1.48. The van der Waals surface area contributed by atoms with Gasteiger partial charge in [-0.15, -0.1) is 0 Å². The first-order chi connectivity index (χ1) is 11.4. The van der Waals surface area contributed by atoms with Gasteiger partial charge in [-0.2, -0.15) is 0 Å². The maximum absolute atomic E-state index is 12.3. The first-order valence-electron chi connectivity index (χ1n) is 8.18. The van der Waals surface area contributed by atoms with Crippen molar-refractivity contribution in [3.05, 3.63) is 29.3 Å². The lowest BCUT2D eigenvalue weighted by Gasteiger charge is -2.26. The average molecular weight is 353 g/mol. The number of nitrogens with one attached hydrogen (secondary N) is 2. The van der Waals surface area contributed by atoms with Crippen LogP contribution in [-0.2, 0) is 32.8 Å². The van der Waals surface area contributed by atoms with Crippen molar-refractivity contribution in [3.8, 4) is 0 Å². The smallest absolute Gasteiger partial charge is 0.241 e. The predicted octanol–water partition coefficient (Wildman–Crippen LogP) is 0.381. The molecule has 2 aliphatic rings. The molecule has 4 N–H and O–H groups in total. The van der Waals surface area contributed by atoms with Crippen LogP contribution >= 0.6 is 0 Å². The standard InChI is InChI=1S/C16H23N3O4S/c17-13-2-4-14(5-3-13)19-16(20)8-18-24(21,22)15-6-1-11-9-23-10-12(11)7-15/h1,6-7,13-14,18H,2-5,8-10,17H2,(H,19,20). The number of ether oxygens (including phenoxy) is 1. The zero-order valence-corrected chi connectivity index (χ0v) is 14.3. The molecular weight excluding hydrogens is 330 g/mol. The third kappa shape index (κ3) is 4.13. The van der Waals surface area contributed by atoms with Gasteiger partial charge >= 0.3 is 0 Å². The second kappa shape index (κ2) is 7.18. The zero-order valence-electron chi connectivity index (χ0n) is 13.5. The number of carbonyl (C=O) groups excluding carboxylic acids is 1. The van der Waals surface area contributed by atoms with E-state index in [0.717, 1.165) is 36.8 Å². The van der Waals surface area contributed by atoms with Crippen molar-refractivity contribution in [2.24, 2.45) is 5.73 Å². The first-order valence-corrected chi connectivity index (χ1v) is 9.66. The minimum absolute atomic E-state index is 0.0824. The highest BCUT2D eigenvalue weighted by atomic mass is 32.2. The molecule has 0 radical (unpaired) electrons. The number of hydrogen-bond donors (Lipinski definition) is 3. The van der Waals surface area contributed by atoms with Crippen molar-refractivity contribution >= 4 is 15.9 Å². The second-order valence-electron chi connectivity index (χ2n) is 6.43. The van der Waals surface area contributed by atoms with Gasteiger partial charge in [0.2, 0.25) is 15.9 Å². The summed E-state index contributed by atoms with van der Waals surface area (Å²) in [6.45, 7) is 0.665. The summed E-state index contributed by atoms with van der Waals surface area (Å²) >= 11 is 0. The fourth-order valence-corrected chi connectivity index (χ4v) is 4.13.